The van der Waals surface area contributed by atoms with Crippen LogP contribution in [0, 0.1) is 0 Å². The van der Waals surface area contributed by atoms with E-state index >= 15 is 0 Å². The van der Waals surface area contributed by atoms with Gasteiger partial charge in [0.15, 0.2) is 0 Å². The fourth-order valence-electron chi connectivity index (χ4n) is 1.56. The number of rotatable bonds is 3. The van der Waals surface area contributed by atoms with Crippen LogP contribution in [-0.4, -0.2) is 5.91 Å². The van der Waals surface area contributed by atoms with E-state index in [9.17, 15) is 4.79 Å². The third-order valence-electron chi connectivity index (χ3n) is 2.65. The van der Waals surface area contributed by atoms with Gasteiger partial charge in [-0.25, -0.2) is 0 Å². The minimum atomic E-state index is -0.230. The maximum absolute atomic E-state index is 12.1. The van der Waals surface area contributed by atoms with Crippen LogP contribution in [0.4, 0.5) is 5.69 Å². The normalized spacial score (nSPS) is 10.4. The van der Waals surface area contributed by atoms with Gasteiger partial charge in [-0.05, 0) is 45.8 Å². The molecule has 2 nitrogen and oxygen atoms in total. The first-order valence-corrected chi connectivity index (χ1v) is 8.29. The molecule has 0 aliphatic rings. The second-order valence-electron chi connectivity index (χ2n) is 4.01. The fourth-order valence-corrected chi connectivity index (χ4v) is 2.76. The van der Waals surface area contributed by atoms with E-state index in [-0.39, 0.29) is 5.91 Å². The van der Waals surface area contributed by atoms with E-state index in [4.69, 9.17) is 23.2 Å². The molecular formula is C14H9Br2Cl2NO. The predicted octanol–water partition coefficient (Wildman–Crippen LogP) is 5.90. The molecule has 0 aliphatic carbocycles. The van der Waals surface area contributed by atoms with Crippen molar-refractivity contribution in [2.24, 2.45) is 0 Å². The van der Waals surface area contributed by atoms with Crippen molar-refractivity contribution in [1.82, 2.24) is 0 Å². The van der Waals surface area contributed by atoms with Crippen molar-refractivity contribution in [3.63, 3.8) is 0 Å². The average Bonchev–Trinajstić information content (AvgIpc) is 2.48. The number of hydrogen-bond donors (Lipinski definition) is 1. The summed E-state index contributed by atoms with van der Waals surface area (Å²) in [6.45, 7) is 0. The standard InChI is InChI=1S/C14H9Br2Cl2NO/c15-7-8-1-3-9(4-2-8)14(20)19-11-6-5-10(16)12(17)13(11)18/h1-6H,7H2,(H,19,20). The Hall–Kier alpha value is -0.550. The second-order valence-corrected chi connectivity index (χ2v) is 6.18. The zero-order chi connectivity index (χ0) is 14.7. The van der Waals surface area contributed by atoms with Crippen molar-refractivity contribution in [1.29, 1.82) is 0 Å². The Morgan fingerprint density at radius 1 is 1.05 bits per heavy atom. The quantitative estimate of drug-likeness (QED) is 0.470. The van der Waals surface area contributed by atoms with Gasteiger partial charge < -0.3 is 5.32 Å². The molecule has 0 fully saturated rings. The van der Waals surface area contributed by atoms with Crippen molar-refractivity contribution in [3.8, 4) is 0 Å². The van der Waals surface area contributed by atoms with Crippen molar-refractivity contribution in [3.05, 3.63) is 62.0 Å². The maximum atomic E-state index is 12.1. The van der Waals surface area contributed by atoms with Crippen LogP contribution < -0.4 is 5.32 Å². The molecule has 2 aromatic rings. The molecular weight excluding hydrogens is 429 g/mol. The lowest BCUT2D eigenvalue weighted by Gasteiger charge is -2.09. The molecule has 1 amide bonds. The van der Waals surface area contributed by atoms with E-state index in [0.717, 1.165) is 10.9 Å². The first kappa shape index (κ1) is 15.8. The highest BCUT2D eigenvalue weighted by Gasteiger charge is 2.12. The van der Waals surface area contributed by atoms with Gasteiger partial charge in [-0.3, -0.25) is 4.79 Å². The molecule has 0 spiro atoms. The molecule has 0 saturated carbocycles. The van der Waals surface area contributed by atoms with Crippen LogP contribution >= 0.6 is 55.1 Å². The van der Waals surface area contributed by atoms with Crippen molar-refractivity contribution in [2.45, 2.75) is 5.33 Å². The summed E-state index contributed by atoms with van der Waals surface area (Å²) in [7, 11) is 0. The van der Waals surface area contributed by atoms with Crippen molar-refractivity contribution < 1.29 is 4.79 Å². The van der Waals surface area contributed by atoms with Crippen LogP contribution in [0.3, 0.4) is 0 Å². The SMILES string of the molecule is O=C(Nc1ccc(Br)c(Cl)c1Cl)c1ccc(CBr)cc1. The number of carbonyl (C=O) groups excluding carboxylic acids is 1. The highest BCUT2D eigenvalue weighted by molar-refractivity contribution is 9.10. The lowest BCUT2D eigenvalue weighted by molar-refractivity contribution is 0.102. The summed E-state index contributed by atoms with van der Waals surface area (Å²) in [6, 6.07) is 10.7. The van der Waals surface area contributed by atoms with E-state index in [0.29, 0.717) is 25.8 Å². The number of anilines is 1. The molecule has 1 N–H and O–H groups in total. The minimum Gasteiger partial charge on any atom is -0.321 e. The number of alkyl halides is 1. The van der Waals surface area contributed by atoms with Crippen LogP contribution in [0.1, 0.15) is 15.9 Å². The molecule has 104 valence electrons. The Kier molecular flexibility index (Phi) is 5.49. The predicted molar refractivity (Wildman–Crippen MR) is 91.2 cm³/mol. The van der Waals surface area contributed by atoms with Crippen LogP contribution in [0.5, 0.6) is 0 Å². The number of hydrogen-bond acceptors (Lipinski definition) is 1. The number of amides is 1. The van der Waals surface area contributed by atoms with Crippen LogP contribution in [0.15, 0.2) is 40.9 Å². The summed E-state index contributed by atoms with van der Waals surface area (Å²) >= 11 is 18.7. The van der Waals surface area contributed by atoms with Gasteiger partial charge in [0.1, 0.15) is 0 Å². The molecule has 2 rings (SSSR count). The van der Waals surface area contributed by atoms with Gasteiger partial charge in [0.2, 0.25) is 0 Å². The molecule has 0 heterocycles. The topological polar surface area (TPSA) is 29.1 Å². The monoisotopic (exact) mass is 435 g/mol. The molecule has 0 bridgehead atoms. The molecule has 0 saturated heterocycles. The first-order chi connectivity index (χ1) is 9.52. The molecule has 2 aromatic carbocycles. The largest absolute Gasteiger partial charge is 0.321 e. The summed E-state index contributed by atoms with van der Waals surface area (Å²) in [5.74, 6) is -0.230. The minimum absolute atomic E-state index is 0.230. The number of carbonyl (C=O) groups is 1. The second kappa shape index (κ2) is 6.94. The Balaban J connectivity index is 2.21. The van der Waals surface area contributed by atoms with E-state index < -0.39 is 0 Å². The number of benzene rings is 2. The van der Waals surface area contributed by atoms with Crippen LogP contribution in [-0.2, 0) is 5.33 Å². The van der Waals surface area contributed by atoms with Gasteiger partial charge in [0, 0.05) is 15.4 Å². The lowest BCUT2D eigenvalue weighted by atomic mass is 10.1. The molecule has 20 heavy (non-hydrogen) atoms. The summed E-state index contributed by atoms with van der Waals surface area (Å²) in [5, 5.41) is 4.18. The first-order valence-electron chi connectivity index (χ1n) is 5.62. The third kappa shape index (κ3) is 3.55. The number of nitrogens with one attached hydrogen (secondary N) is 1. The smallest absolute Gasteiger partial charge is 0.255 e. The summed E-state index contributed by atoms with van der Waals surface area (Å²) in [5.41, 5.74) is 2.14. The molecule has 0 unspecified atom stereocenters. The zero-order valence-corrected chi connectivity index (χ0v) is 14.8. The van der Waals surface area contributed by atoms with Gasteiger partial charge in [-0.2, -0.15) is 0 Å². The Labute approximate surface area is 143 Å². The average molecular weight is 438 g/mol. The molecule has 0 radical (unpaired) electrons. The highest BCUT2D eigenvalue weighted by atomic mass is 79.9. The third-order valence-corrected chi connectivity index (χ3v) is 5.07. The molecule has 0 aliphatic heterocycles. The van der Waals surface area contributed by atoms with E-state index in [2.05, 4.69) is 37.2 Å². The van der Waals surface area contributed by atoms with E-state index in [1.165, 1.54) is 0 Å². The maximum Gasteiger partial charge on any atom is 0.255 e. The number of halogens is 4. The Bertz CT molecular complexity index is 644. The molecule has 0 atom stereocenters. The van der Waals surface area contributed by atoms with Gasteiger partial charge in [0.25, 0.3) is 5.91 Å². The lowest BCUT2D eigenvalue weighted by Crippen LogP contribution is -2.12. The van der Waals surface area contributed by atoms with Gasteiger partial charge in [0.05, 0.1) is 15.7 Å². The van der Waals surface area contributed by atoms with Crippen molar-refractivity contribution >= 4 is 66.7 Å². The van der Waals surface area contributed by atoms with Crippen LogP contribution in [0.2, 0.25) is 10.0 Å². The zero-order valence-electron chi connectivity index (χ0n) is 10.1. The van der Waals surface area contributed by atoms with Gasteiger partial charge in [-0.1, -0.05) is 51.3 Å². The highest BCUT2D eigenvalue weighted by Crippen LogP contribution is 2.35. The molecule has 6 heteroatoms. The Morgan fingerprint density at radius 3 is 2.30 bits per heavy atom. The fraction of sp³-hybridized carbons (Fsp3) is 0.0714. The molecule has 0 aromatic heterocycles. The Morgan fingerprint density at radius 2 is 1.70 bits per heavy atom. The van der Waals surface area contributed by atoms with Gasteiger partial charge in [-0.15, -0.1) is 0 Å². The van der Waals surface area contributed by atoms with Crippen LogP contribution in [0.25, 0.3) is 0 Å². The van der Waals surface area contributed by atoms with E-state index in [1.807, 2.05) is 12.1 Å². The summed E-state index contributed by atoms with van der Waals surface area (Å²) in [6.07, 6.45) is 0. The van der Waals surface area contributed by atoms with E-state index in [1.54, 1.807) is 24.3 Å². The van der Waals surface area contributed by atoms with Gasteiger partial charge >= 0.3 is 0 Å². The summed E-state index contributed by atoms with van der Waals surface area (Å²) in [4.78, 5) is 12.1. The summed E-state index contributed by atoms with van der Waals surface area (Å²) < 4.78 is 0.684. The van der Waals surface area contributed by atoms with Crippen molar-refractivity contribution in [2.75, 3.05) is 5.32 Å².